The molecule has 12 heteroatoms. The second-order valence-corrected chi connectivity index (χ2v) is 8.47. The van der Waals surface area contributed by atoms with Crippen LogP contribution in [0.4, 0.5) is 23.8 Å². The van der Waals surface area contributed by atoms with Gasteiger partial charge in [0.1, 0.15) is 17.8 Å². The van der Waals surface area contributed by atoms with E-state index in [0.29, 0.717) is 28.4 Å². The molecule has 0 bridgehead atoms. The minimum atomic E-state index is -4.57. The molecule has 0 unspecified atom stereocenters. The van der Waals surface area contributed by atoms with Gasteiger partial charge in [-0.15, -0.1) is 0 Å². The van der Waals surface area contributed by atoms with Crippen LogP contribution in [0.1, 0.15) is 29.4 Å². The van der Waals surface area contributed by atoms with Crippen molar-refractivity contribution in [2.24, 2.45) is 7.05 Å². The molecule has 2 N–H and O–H groups in total. The molecule has 0 radical (unpaired) electrons. The van der Waals surface area contributed by atoms with E-state index < -0.39 is 17.9 Å². The molecule has 5 rings (SSSR count). The number of hydrogen-bond acceptors (Lipinski definition) is 6. The number of carbonyl (C=O) groups is 1. The molecule has 35 heavy (non-hydrogen) atoms. The predicted molar refractivity (Wildman–Crippen MR) is 121 cm³/mol. The van der Waals surface area contributed by atoms with Gasteiger partial charge in [0.25, 0.3) is 0 Å². The number of amides is 1. The first-order valence-electron chi connectivity index (χ1n) is 10.9. The van der Waals surface area contributed by atoms with Crippen molar-refractivity contribution < 1.29 is 22.7 Å². The number of anilines is 1. The first-order chi connectivity index (χ1) is 16.6. The zero-order chi connectivity index (χ0) is 24.9. The van der Waals surface area contributed by atoms with E-state index >= 15 is 0 Å². The minimum Gasteiger partial charge on any atom is -0.438 e. The van der Waals surface area contributed by atoms with E-state index in [0.717, 1.165) is 34.7 Å². The van der Waals surface area contributed by atoms with Gasteiger partial charge < -0.3 is 10.1 Å². The van der Waals surface area contributed by atoms with Crippen LogP contribution >= 0.6 is 0 Å². The Morgan fingerprint density at radius 2 is 2.06 bits per heavy atom. The fraction of sp³-hybridized carbons (Fsp3) is 0.304. The van der Waals surface area contributed by atoms with Crippen LogP contribution in [0.3, 0.4) is 0 Å². The summed E-state index contributed by atoms with van der Waals surface area (Å²) in [6, 6.07) is 5.64. The van der Waals surface area contributed by atoms with Gasteiger partial charge in [0.15, 0.2) is 5.82 Å². The van der Waals surface area contributed by atoms with Crippen LogP contribution in [0.2, 0.25) is 0 Å². The molecule has 1 aromatic carbocycles. The van der Waals surface area contributed by atoms with Crippen LogP contribution < -0.4 is 15.4 Å². The number of nitrogens with zero attached hydrogens (tertiary/aromatic N) is 5. The summed E-state index contributed by atoms with van der Waals surface area (Å²) in [7, 11) is 1.17. The average molecular weight is 485 g/mol. The molecule has 4 heterocycles. The van der Waals surface area contributed by atoms with E-state index in [4.69, 9.17) is 4.74 Å². The number of benzene rings is 1. The van der Waals surface area contributed by atoms with Gasteiger partial charge in [0, 0.05) is 48.4 Å². The third-order valence-electron chi connectivity index (χ3n) is 6.05. The van der Waals surface area contributed by atoms with Crippen molar-refractivity contribution in [3.63, 3.8) is 0 Å². The van der Waals surface area contributed by atoms with Crippen LogP contribution in [0.5, 0.6) is 11.6 Å². The van der Waals surface area contributed by atoms with Gasteiger partial charge >= 0.3 is 12.2 Å². The van der Waals surface area contributed by atoms with E-state index in [1.54, 1.807) is 24.4 Å². The zero-order valence-corrected chi connectivity index (χ0v) is 19.1. The Bertz CT molecular complexity index is 1440. The van der Waals surface area contributed by atoms with Crippen molar-refractivity contribution >= 4 is 22.8 Å². The summed E-state index contributed by atoms with van der Waals surface area (Å²) in [5.41, 5.74) is 2.27. The highest BCUT2D eigenvalue weighted by Crippen LogP contribution is 2.34. The number of alkyl halides is 3. The van der Waals surface area contributed by atoms with Crippen LogP contribution in [-0.4, -0.2) is 36.4 Å². The highest BCUT2D eigenvalue weighted by Gasteiger charge is 2.35. The Balaban J connectivity index is 1.41. The largest absolute Gasteiger partial charge is 0.438 e. The molecular weight excluding hydrogens is 463 g/mol. The fourth-order valence-corrected chi connectivity index (χ4v) is 4.22. The Hall–Kier alpha value is -3.93. The topological polar surface area (TPSA) is 98.9 Å². The monoisotopic (exact) mass is 485 g/mol. The first-order valence-corrected chi connectivity index (χ1v) is 10.9. The number of fused-ring (bicyclic) bond motifs is 2. The smallest absolute Gasteiger partial charge is 0.433 e. The molecule has 9 nitrogen and oxygen atoms in total. The van der Waals surface area contributed by atoms with E-state index in [1.165, 1.54) is 17.9 Å². The predicted octanol–water partition coefficient (Wildman–Crippen LogP) is 4.40. The van der Waals surface area contributed by atoms with Crippen molar-refractivity contribution in [1.82, 2.24) is 29.6 Å². The summed E-state index contributed by atoms with van der Waals surface area (Å²) in [5, 5.41) is 10.3. The maximum atomic E-state index is 13.0. The summed E-state index contributed by atoms with van der Waals surface area (Å²) in [5.74, 6) is 0.890. The van der Waals surface area contributed by atoms with Gasteiger partial charge in [-0.2, -0.15) is 18.3 Å². The van der Waals surface area contributed by atoms with Crippen molar-refractivity contribution in [3.8, 4) is 11.6 Å². The number of halogens is 3. The second kappa shape index (κ2) is 8.38. The zero-order valence-electron chi connectivity index (χ0n) is 19.1. The lowest BCUT2D eigenvalue weighted by Crippen LogP contribution is -2.33. The highest BCUT2D eigenvalue weighted by atomic mass is 19.4. The lowest BCUT2D eigenvalue weighted by atomic mass is 10.0. The third kappa shape index (κ3) is 4.20. The number of ether oxygens (including phenoxy) is 1. The molecule has 1 amide bonds. The fourth-order valence-electron chi connectivity index (χ4n) is 4.22. The number of aryl methyl sites for hydroxylation is 2. The van der Waals surface area contributed by atoms with E-state index in [-0.39, 0.29) is 11.9 Å². The molecule has 182 valence electrons. The quantitative estimate of drug-likeness (QED) is 0.446. The molecule has 1 aliphatic heterocycles. The summed E-state index contributed by atoms with van der Waals surface area (Å²) in [6.45, 7) is 4.60. The summed E-state index contributed by atoms with van der Waals surface area (Å²) in [6.07, 6.45) is -0.810. The van der Waals surface area contributed by atoms with Gasteiger partial charge in [0.2, 0.25) is 5.88 Å². The number of rotatable bonds is 3. The molecule has 4 aromatic rings. The Morgan fingerprint density at radius 1 is 1.26 bits per heavy atom. The molecule has 0 fully saturated rings. The summed E-state index contributed by atoms with van der Waals surface area (Å²) in [4.78, 5) is 21.5. The van der Waals surface area contributed by atoms with E-state index in [1.807, 2.05) is 6.92 Å². The third-order valence-corrected chi connectivity index (χ3v) is 6.05. The SMILES string of the molecule is Cc1c(Oc2ncnc3c2C[C@H](C)NC3)ccc2c1ccn2C(=O)Nc1cc(C(F)(F)F)n(C)n1. The van der Waals surface area contributed by atoms with Gasteiger partial charge in [0.05, 0.1) is 11.2 Å². The molecule has 3 aromatic heterocycles. The first kappa shape index (κ1) is 22.8. The minimum absolute atomic E-state index is 0.194. The average Bonchev–Trinajstić information content (AvgIpc) is 3.39. The second-order valence-electron chi connectivity index (χ2n) is 8.47. The van der Waals surface area contributed by atoms with Crippen LogP contribution in [0.25, 0.3) is 10.9 Å². The lowest BCUT2D eigenvalue weighted by Gasteiger charge is -2.23. The Morgan fingerprint density at radius 3 is 2.80 bits per heavy atom. The maximum absolute atomic E-state index is 13.0. The number of aromatic nitrogens is 5. The van der Waals surface area contributed by atoms with Gasteiger partial charge in [-0.3, -0.25) is 14.6 Å². The molecule has 0 spiro atoms. The van der Waals surface area contributed by atoms with Crippen molar-refractivity contribution in [2.45, 2.75) is 39.0 Å². The number of nitrogens with one attached hydrogen (secondary N) is 2. The normalized spacial score (nSPS) is 15.8. The van der Waals surface area contributed by atoms with Crippen molar-refractivity contribution in [1.29, 1.82) is 0 Å². The molecule has 0 saturated carbocycles. The van der Waals surface area contributed by atoms with E-state index in [9.17, 15) is 18.0 Å². The van der Waals surface area contributed by atoms with Crippen LogP contribution in [-0.2, 0) is 26.2 Å². The molecule has 0 aliphatic carbocycles. The summed E-state index contributed by atoms with van der Waals surface area (Å²) < 4.78 is 47.3. The number of carbonyl (C=O) groups excluding carboxylic acids is 1. The van der Waals surface area contributed by atoms with Gasteiger partial charge in [-0.25, -0.2) is 14.8 Å². The maximum Gasteiger partial charge on any atom is 0.433 e. The molecule has 0 saturated heterocycles. The highest BCUT2D eigenvalue weighted by molar-refractivity contribution is 5.99. The summed E-state index contributed by atoms with van der Waals surface area (Å²) >= 11 is 0. The van der Waals surface area contributed by atoms with Gasteiger partial charge in [-0.1, -0.05) is 0 Å². The Labute approximate surface area is 197 Å². The molecule has 1 aliphatic rings. The lowest BCUT2D eigenvalue weighted by molar-refractivity contribution is -0.143. The van der Waals surface area contributed by atoms with Crippen LogP contribution in [0.15, 0.2) is 36.8 Å². The molecule has 1 atom stereocenters. The van der Waals surface area contributed by atoms with Crippen molar-refractivity contribution in [3.05, 3.63) is 59.3 Å². The van der Waals surface area contributed by atoms with Crippen LogP contribution in [0, 0.1) is 6.92 Å². The van der Waals surface area contributed by atoms with Crippen molar-refractivity contribution in [2.75, 3.05) is 5.32 Å². The van der Waals surface area contributed by atoms with E-state index in [2.05, 4.69) is 32.6 Å². The molecular formula is C23H22F3N7O2. The van der Waals surface area contributed by atoms with Gasteiger partial charge in [-0.05, 0) is 38.5 Å². The Kier molecular flexibility index (Phi) is 5.47. The standard InChI is InChI=1S/C23H22F3N7O2/c1-12-8-15-16(10-27-12)28-11-29-21(15)35-18-5-4-17-14(13(18)2)6-7-33(17)22(34)30-20-9-19(23(24,25)26)32(3)31-20/h4-7,9,11-12,27H,8,10H2,1-3H3,(H,30,31,34)/t12-/m0/s1. The number of hydrogen-bond donors (Lipinski definition) is 2.